The Hall–Kier alpha value is -4.72. The van der Waals surface area contributed by atoms with E-state index in [2.05, 4.69) is 79.9 Å². The molecule has 0 atom stereocenters. The third kappa shape index (κ3) is 9.09. The number of hydrogen-bond acceptors (Lipinski definition) is 6. The van der Waals surface area contributed by atoms with Crippen molar-refractivity contribution in [3.8, 4) is 33.8 Å². The topological polar surface area (TPSA) is 79.2 Å². The molecule has 0 aliphatic carbocycles. The number of nitrogens with zero attached hydrogens (tertiary/aromatic N) is 1. The minimum absolute atomic E-state index is 0.0303. The lowest BCUT2D eigenvalue weighted by Gasteiger charge is -2.36. The van der Waals surface area contributed by atoms with Gasteiger partial charge in [0.2, 0.25) is 0 Å². The van der Waals surface area contributed by atoms with Gasteiger partial charge in [-0.2, -0.15) is 0 Å². The fourth-order valence-electron chi connectivity index (χ4n) is 6.17. The molecule has 50 heavy (non-hydrogen) atoms. The number of aliphatic hydroxyl groups is 1. The molecule has 5 aromatic carbocycles. The van der Waals surface area contributed by atoms with Crippen molar-refractivity contribution in [2.24, 2.45) is 0 Å². The average molecular weight is 690 g/mol. The van der Waals surface area contributed by atoms with E-state index in [-0.39, 0.29) is 6.42 Å². The highest BCUT2D eigenvalue weighted by molar-refractivity contribution is 7.99. The van der Waals surface area contributed by atoms with Crippen LogP contribution in [-0.2, 0) is 31.0 Å². The second-order valence-corrected chi connectivity index (χ2v) is 14.5. The van der Waals surface area contributed by atoms with Gasteiger partial charge >= 0.3 is 5.97 Å². The van der Waals surface area contributed by atoms with Crippen LogP contribution in [0.1, 0.15) is 59.7 Å². The Morgan fingerprint density at radius 1 is 0.780 bits per heavy atom. The molecule has 6 nitrogen and oxygen atoms in total. The Labute approximate surface area is 300 Å². The van der Waals surface area contributed by atoms with E-state index in [0.717, 1.165) is 73.8 Å². The van der Waals surface area contributed by atoms with Gasteiger partial charge in [-0.3, -0.25) is 4.79 Å². The van der Waals surface area contributed by atoms with Gasteiger partial charge in [-0.1, -0.05) is 90.3 Å². The summed E-state index contributed by atoms with van der Waals surface area (Å²) >= 11 is 1.67. The monoisotopic (exact) mass is 689 g/mol. The fraction of sp³-hybridized carbons (Fsp3) is 0.279. The van der Waals surface area contributed by atoms with Crippen LogP contribution in [-0.4, -0.2) is 28.0 Å². The highest BCUT2D eigenvalue weighted by Gasteiger charge is 2.30. The molecule has 0 radical (unpaired) electrons. The summed E-state index contributed by atoms with van der Waals surface area (Å²) in [4.78, 5) is 12.1. The van der Waals surface area contributed by atoms with Crippen LogP contribution in [0, 0.1) is 20.8 Å². The molecule has 0 aromatic heterocycles. The molecule has 1 aliphatic rings. The first-order chi connectivity index (χ1) is 23.8. The molecule has 0 saturated carbocycles. The van der Waals surface area contributed by atoms with Crippen molar-refractivity contribution in [1.29, 1.82) is 0 Å². The molecular formula is C43H47NO5S. The lowest BCUT2D eigenvalue weighted by molar-refractivity contribution is -0.136. The molecule has 0 unspecified atom stereocenters. The maximum atomic E-state index is 12.1. The third-order valence-corrected chi connectivity index (χ3v) is 9.23. The van der Waals surface area contributed by atoms with Gasteiger partial charge in [-0.25, -0.2) is 0 Å². The summed E-state index contributed by atoms with van der Waals surface area (Å²) in [5.74, 6) is 0.790. The lowest BCUT2D eigenvalue weighted by Crippen LogP contribution is -2.22. The Morgan fingerprint density at radius 2 is 1.36 bits per heavy atom. The summed E-state index contributed by atoms with van der Waals surface area (Å²) in [6.45, 7) is 13.2. The molecular weight excluding hydrogens is 643 g/mol. The summed E-state index contributed by atoms with van der Waals surface area (Å²) in [5, 5.41) is 18.4. The zero-order valence-electron chi connectivity index (χ0n) is 30.0. The number of carboxylic acids is 1. The number of carboxylic acid groups (broad SMARTS) is 1. The van der Waals surface area contributed by atoms with Gasteiger partial charge in [-0.15, -0.1) is 0 Å². The molecule has 1 heterocycles. The number of carbonyl (C=O) groups is 1. The molecule has 1 aliphatic heterocycles. The van der Waals surface area contributed by atoms with Crippen molar-refractivity contribution in [2.75, 3.05) is 10.6 Å². The number of rotatable bonds is 10. The number of aliphatic carboxylic acids is 1. The summed E-state index contributed by atoms with van der Waals surface area (Å²) < 4.78 is 14.6. The van der Waals surface area contributed by atoms with Gasteiger partial charge in [0, 0.05) is 11.8 Å². The first-order valence-electron chi connectivity index (χ1n) is 16.8. The van der Waals surface area contributed by atoms with E-state index in [4.69, 9.17) is 14.6 Å². The van der Waals surface area contributed by atoms with Gasteiger partial charge in [0.15, 0.2) is 0 Å². The first-order valence-corrected chi connectivity index (χ1v) is 18.0. The van der Waals surface area contributed by atoms with Crippen LogP contribution in [0.25, 0.3) is 22.3 Å². The Morgan fingerprint density at radius 3 is 1.96 bits per heavy atom. The van der Waals surface area contributed by atoms with E-state index >= 15 is 0 Å². The first kappa shape index (κ1) is 36.6. The molecule has 2 N–H and O–H groups in total. The molecule has 0 fully saturated rings. The Kier molecular flexibility index (Phi) is 11.6. The zero-order valence-corrected chi connectivity index (χ0v) is 30.9. The lowest BCUT2D eigenvalue weighted by atomic mass is 9.81. The van der Waals surface area contributed by atoms with Gasteiger partial charge in [0.05, 0.1) is 24.3 Å². The molecule has 7 heteroatoms. The van der Waals surface area contributed by atoms with Crippen molar-refractivity contribution < 1.29 is 24.5 Å². The number of anilines is 1. The third-order valence-electron chi connectivity index (χ3n) is 8.48. The van der Waals surface area contributed by atoms with E-state index in [1.807, 2.05) is 48.5 Å². The summed E-state index contributed by atoms with van der Waals surface area (Å²) in [6, 6.07) is 32.9. The van der Waals surface area contributed by atoms with E-state index < -0.39 is 11.6 Å². The van der Waals surface area contributed by atoms with Crippen molar-refractivity contribution >= 4 is 23.6 Å². The smallest absolute Gasteiger partial charge is 0.307 e. The predicted molar refractivity (Wildman–Crippen MR) is 206 cm³/mol. The molecule has 0 saturated heterocycles. The summed E-state index contributed by atoms with van der Waals surface area (Å²) in [7, 11) is 0. The Balaban J connectivity index is 0.000000908. The van der Waals surface area contributed by atoms with Crippen LogP contribution in [0.2, 0.25) is 0 Å². The summed E-state index contributed by atoms with van der Waals surface area (Å²) in [6.07, 6.45) is 2.04. The number of hydrogen-bond donors (Lipinski definition) is 2. The van der Waals surface area contributed by atoms with Crippen LogP contribution in [0.5, 0.6) is 11.5 Å². The molecule has 0 bridgehead atoms. The average Bonchev–Trinajstić information content (AvgIpc) is 3.08. The van der Waals surface area contributed by atoms with Crippen molar-refractivity contribution in [3.05, 3.63) is 136 Å². The molecule has 260 valence electrons. The van der Waals surface area contributed by atoms with Crippen molar-refractivity contribution in [2.45, 2.75) is 73.3 Å². The molecule has 5 aromatic rings. The largest absolute Gasteiger partial charge is 0.489 e. The Bertz CT molecular complexity index is 1920. The second kappa shape index (κ2) is 15.9. The predicted octanol–water partition coefficient (Wildman–Crippen LogP) is 10.1. The highest BCUT2D eigenvalue weighted by Crippen LogP contribution is 2.50. The molecule has 0 amide bonds. The zero-order chi connectivity index (χ0) is 36.0. The van der Waals surface area contributed by atoms with Gasteiger partial charge in [0.1, 0.15) is 24.7 Å². The van der Waals surface area contributed by atoms with E-state index in [9.17, 15) is 9.90 Å². The number of fused-ring (bicyclic) bond motifs is 3. The van der Waals surface area contributed by atoms with E-state index in [1.54, 1.807) is 32.7 Å². The van der Waals surface area contributed by atoms with Crippen LogP contribution in [0.3, 0.4) is 0 Å². The quantitative estimate of drug-likeness (QED) is 0.141. The maximum absolute atomic E-state index is 12.1. The number of aryl methyl sites for hydroxylation is 1. The SMILES string of the molecule is CC(C)(C)O.CSN1Cc2ccc(OCc3ccc(OCc4ccccc4)cc3)cc2-c2c(C)c(-c3ccc(C)cc3)c(CC(=O)O)c(C)c21. The normalized spacial score (nSPS) is 12.0. The number of ether oxygens (including phenoxy) is 2. The van der Waals surface area contributed by atoms with Gasteiger partial charge < -0.3 is 24.0 Å². The van der Waals surface area contributed by atoms with E-state index in [1.165, 1.54) is 11.1 Å². The van der Waals surface area contributed by atoms with Crippen LogP contribution >= 0.6 is 11.9 Å². The van der Waals surface area contributed by atoms with Gasteiger partial charge in [-0.05, 0) is 116 Å². The molecule has 6 rings (SSSR count). The minimum atomic E-state index is -0.829. The van der Waals surface area contributed by atoms with Crippen LogP contribution < -0.4 is 13.8 Å². The molecule has 0 spiro atoms. The number of benzene rings is 5. The second-order valence-electron chi connectivity index (χ2n) is 13.7. The van der Waals surface area contributed by atoms with Crippen molar-refractivity contribution in [1.82, 2.24) is 0 Å². The maximum Gasteiger partial charge on any atom is 0.307 e. The summed E-state index contributed by atoms with van der Waals surface area (Å²) in [5.41, 5.74) is 12.4. The van der Waals surface area contributed by atoms with Crippen LogP contribution in [0.15, 0.2) is 97.1 Å². The minimum Gasteiger partial charge on any atom is -0.489 e. The van der Waals surface area contributed by atoms with Crippen LogP contribution in [0.4, 0.5) is 5.69 Å². The van der Waals surface area contributed by atoms with Gasteiger partial charge in [0.25, 0.3) is 0 Å². The standard InChI is InChI=1S/C39H37NO4S.C4H10O/c1-25-10-14-30(15-11-25)37-27(3)38-35-20-33(19-16-31(35)22-40(45-4)39(38)26(2)34(37)21-36(41)42)44-24-29-12-17-32(18-13-29)43-23-28-8-6-5-7-9-28;1-4(2,3)5/h5-20H,21-24H2,1-4H3,(H,41,42);5H,1-3H3. The highest BCUT2D eigenvalue weighted by atomic mass is 32.2. The fourth-order valence-corrected chi connectivity index (χ4v) is 6.85. The van der Waals surface area contributed by atoms with E-state index in [0.29, 0.717) is 13.2 Å². The van der Waals surface area contributed by atoms with Crippen molar-refractivity contribution in [3.63, 3.8) is 0 Å².